The van der Waals surface area contributed by atoms with E-state index in [1.807, 2.05) is 6.07 Å². The Balaban J connectivity index is 1.47. The Bertz CT molecular complexity index is 1360. The molecule has 1 aliphatic heterocycles. The van der Waals surface area contributed by atoms with E-state index in [1.165, 1.54) is 36.7 Å². The molecular weight excluding hydrogens is 452 g/mol. The lowest BCUT2D eigenvalue weighted by atomic mass is 10.1. The summed E-state index contributed by atoms with van der Waals surface area (Å²) in [5.74, 6) is -0.0000436. The van der Waals surface area contributed by atoms with Gasteiger partial charge >= 0.3 is 6.18 Å². The van der Waals surface area contributed by atoms with Crippen LogP contribution in [0.3, 0.4) is 0 Å². The lowest BCUT2D eigenvalue weighted by Crippen LogP contribution is -2.18. The molecule has 3 aromatic carbocycles. The van der Waals surface area contributed by atoms with Crippen LogP contribution in [-0.2, 0) is 12.8 Å². The molecule has 0 unspecified atom stereocenters. The molecule has 0 saturated carbocycles. The average molecular weight is 470 g/mol. The van der Waals surface area contributed by atoms with Crippen molar-refractivity contribution in [2.45, 2.75) is 12.8 Å². The van der Waals surface area contributed by atoms with Crippen molar-refractivity contribution in [3.05, 3.63) is 77.9 Å². The van der Waals surface area contributed by atoms with Crippen molar-refractivity contribution in [1.29, 1.82) is 0 Å². The van der Waals surface area contributed by atoms with Gasteiger partial charge in [-0.3, -0.25) is 0 Å². The topological polar surface area (TPSA) is 68.3 Å². The lowest BCUT2D eigenvalue weighted by Gasteiger charge is -2.22. The molecule has 6 nitrogen and oxygen atoms in total. The second-order valence-corrected chi connectivity index (χ2v) is 7.59. The van der Waals surface area contributed by atoms with E-state index >= 15 is 0 Å². The van der Waals surface area contributed by atoms with Gasteiger partial charge in [-0.05, 0) is 48.0 Å². The number of aromatic nitrogens is 2. The molecule has 0 fully saturated rings. The third-order valence-corrected chi connectivity index (χ3v) is 5.25. The Morgan fingerprint density at radius 3 is 2.76 bits per heavy atom. The van der Waals surface area contributed by atoms with E-state index in [1.54, 1.807) is 12.1 Å². The van der Waals surface area contributed by atoms with Gasteiger partial charge in [0.2, 0.25) is 0 Å². The van der Waals surface area contributed by atoms with Crippen LogP contribution in [0.15, 0.2) is 60.9 Å². The van der Waals surface area contributed by atoms with Crippen LogP contribution in [-0.4, -0.2) is 23.1 Å². The highest BCUT2D eigenvalue weighted by Crippen LogP contribution is 2.41. The van der Waals surface area contributed by atoms with Crippen molar-refractivity contribution in [3.8, 4) is 11.5 Å². The fourth-order valence-electron chi connectivity index (χ4n) is 3.72. The standard InChI is InChI=1S/C24H18F4N4O2/c25-15-3-1-2-14(10-15)12-34-20-7-4-16(11-17(20)24(26,27)28)32-23-21-18(30-13-31-23)5-6-19-22(21)33-9-8-29-19/h1-7,10-11,13,29H,8-9,12H2,(H,30,31,32). The van der Waals surface area contributed by atoms with Gasteiger partial charge < -0.3 is 20.1 Å². The molecule has 0 amide bonds. The summed E-state index contributed by atoms with van der Waals surface area (Å²) in [6.45, 7) is 0.873. The Morgan fingerprint density at radius 1 is 1.06 bits per heavy atom. The Kier molecular flexibility index (Phi) is 5.56. The monoisotopic (exact) mass is 470 g/mol. The van der Waals surface area contributed by atoms with E-state index < -0.39 is 17.6 Å². The van der Waals surface area contributed by atoms with Gasteiger partial charge in [0.05, 0.1) is 22.2 Å². The van der Waals surface area contributed by atoms with Crippen LogP contribution in [0.2, 0.25) is 0 Å². The number of hydrogen-bond acceptors (Lipinski definition) is 6. The summed E-state index contributed by atoms with van der Waals surface area (Å²) in [7, 11) is 0. The number of ether oxygens (including phenoxy) is 2. The summed E-state index contributed by atoms with van der Waals surface area (Å²) in [4.78, 5) is 8.47. The fourth-order valence-corrected chi connectivity index (χ4v) is 3.72. The second-order valence-electron chi connectivity index (χ2n) is 7.59. The van der Waals surface area contributed by atoms with Crippen molar-refractivity contribution >= 4 is 28.1 Å². The molecule has 4 aromatic rings. The van der Waals surface area contributed by atoms with Gasteiger partial charge in [0.25, 0.3) is 0 Å². The molecule has 10 heteroatoms. The first-order valence-electron chi connectivity index (χ1n) is 10.4. The Hall–Kier alpha value is -4.08. The van der Waals surface area contributed by atoms with Gasteiger partial charge in [0.1, 0.15) is 36.9 Å². The highest BCUT2D eigenvalue weighted by molar-refractivity contribution is 5.99. The van der Waals surface area contributed by atoms with E-state index in [0.717, 1.165) is 11.8 Å². The highest BCUT2D eigenvalue weighted by Gasteiger charge is 2.35. The maximum atomic E-state index is 13.8. The van der Waals surface area contributed by atoms with Gasteiger partial charge in [-0.1, -0.05) is 12.1 Å². The number of nitrogens with zero attached hydrogens (tertiary/aromatic N) is 2. The first kappa shape index (κ1) is 21.7. The zero-order valence-electron chi connectivity index (χ0n) is 17.6. The van der Waals surface area contributed by atoms with Crippen LogP contribution in [0, 0.1) is 5.82 Å². The van der Waals surface area contributed by atoms with Gasteiger partial charge in [-0.15, -0.1) is 0 Å². The van der Waals surface area contributed by atoms with Crippen LogP contribution in [0.1, 0.15) is 11.1 Å². The maximum Gasteiger partial charge on any atom is 0.420 e. The smallest absolute Gasteiger partial charge is 0.420 e. The van der Waals surface area contributed by atoms with Gasteiger partial charge in [0.15, 0.2) is 5.75 Å². The van der Waals surface area contributed by atoms with Gasteiger partial charge in [0, 0.05) is 12.2 Å². The molecule has 2 N–H and O–H groups in total. The van der Waals surface area contributed by atoms with Crippen LogP contribution in [0.25, 0.3) is 10.9 Å². The molecule has 0 aliphatic carbocycles. The number of fused-ring (bicyclic) bond motifs is 3. The van der Waals surface area contributed by atoms with Crippen molar-refractivity contribution < 1.29 is 27.0 Å². The first-order chi connectivity index (χ1) is 16.4. The SMILES string of the molecule is Fc1cccc(COc2ccc(Nc3ncnc4ccc5c(c34)OCCN5)cc2C(F)(F)F)c1. The molecule has 5 rings (SSSR count). The number of alkyl halides is 3. The minimum atomic E-state index is -4.67. The predicted molar refractivity (Wildman–Crippen MR) is 119 cm³/mol. The number of rotatable bonds is 5. The third-order valence-electron chi connectivity index (χ3n) is 5.25. The van der Waals surface area contributed by atoms with Crippen LogP contribution < -0.4 is 20.1 Å². The molecule has 0 spiro atoms. The van der Waals surface area contributed by atoms with Crippen molar-refractivity contribution in [2.24, 2.45) is 0 Å². The summed E-state index contributed by atoms with van der Waals surface area (Å²) in [6, 6.07) is 12.7. The molecule has 34 heavy (non-hydrogen) atoms. The van der Waals surface area contributed by atoms with Crippen LogP contribution >= 0.6 is 0 Å². The normalized spacial score (nSPS) is 13.1. The van der Waals surface area contributed by atoms with E-state index in [9.17, 15) is 17.6 Å². The minimum Gasteiger partial charge on any atom is -0.489 e. The summed E-state index contributed by atoms with van der Waals surface area (Å²) in [5, 5.41) is 6.73. The Labute approximate surface area is 191 Å². The van der Waals surface area contributed by atoms with E-state index in [4.69, 9.17) is 9.47 Å². The zero-order valence-corrected chi connectivity index (χ0v) is 17.6. The lowest BCUT2D eigenvalue weighted by molar-refractivity contribution is -0.139. The number of nitrogens with one attached hydrogen (secondary N) is 2. The van der Waals surface area contributed by atoms with E-state index in [2.05, 4.69) is 20.6 Å². The van der Waals surface area contributed by atoms with Gasteiger partial charge in [-0.2, -0.15) is 13.2 Å². The molecule has 174 valence electrons. The van der Waals surface area contributed by atoms with Crippen molar-refractivity contribution in [2.75, 3.05) is 23.8 Å². The van der Waals surface area contributed by atoms with Crippen molar-refractivity contribution in [3.63, 3.8) is 0 Å². The summed E-state index contributed by atoms with van der Waals surface area (Å²) in [5.41, 5.74) is 0.958. The van der Waals surface area contributed by atoms with E-state index in [-0.39, 0.29) is 18.0 Å². The number of benzene rings is 3. The van der Waals surface area contributed by atoms with Gasteiger partial charge in [-0.25, -0.2) is 14.4 Å². The average Bonchev–Trinajstić information content (AvgIpc) is 2.82. The second kappa shape index (κ2) is 8.69. The molecule has 0 saturated heterocycles. The molecule has 1 aromatic heterocycles. The summed E-state index contributed by atoms with van der Waals surface area (Å²) >= 11 is 0. The molecule has 0 atom stereocenters. The van der Waals surface area contributed by atoms with Crippen LogP contribution in [0.4, 0.5) is 34.8 Å². The zero-order chi connectivity index (χ0) is 23.7. The van der Waals surface area contributed by atoms with E-state index in [0.29, 0.717) is 41.2 Å². The quantitative estimate of drug-likeness (QED) is 0.353. The summed E-state index contributed by atoms with van der Waals surface area (Å²) in [6.07, 6.45) is -3.34. The highest BCUT2D eigenvalue weighted by atomic mass is 19.4. The third kappa shape index (κ3) is 4.39. The Morgan fingerprint density at radius 2 is 1.94 bits per heavy atom. The largest absolute Gasteiger partial charge is 0.489 e. The number of hydrogen-bond donors (Lipinski definition) is 2. The van der Waals surface area contributed by atoms with Crippen LogP contribution in [0.5, 0.6) is 11.5 Å². The minimum absolute atomic E-state index is 0.159. The maximum absolute atomic E-state index is 13.8. The molecular formula is C24H18F4N4O2. The fraction of sp³-hybridized carbons (Fsp3) is 0.167. The predicted octanol–water partition coefficient (Wildman–Crippen LogP) is 5.91. The number of anilines is 3. The molecule has 1 aliphatic rings. The number of halogens is 4. The molecule has 0 bridgehead atoms. The van der Waals surface area contributed by atoms with Crippen molar-refractivity contribution in [1.82, 2.24) is 9.97 Å². The summed E-state index contributed by atoms with van der Waals surface area (Å²) < 4.78 is 66.0. The molecule has 2 heterocycles. The molecule has 0 radical (unpaired) electrons. The first-order valence-corrected chi connectivity index (χ1v) is 10.4.